The molecule has 1 aromatic rings. The third kappa shape index (κ3) is 4.20. The Kier molecular flexibility index (Phi) is 5.92. The molecule has 2 N–H and O–H groups in total. The zero-order valence-electron chi connectivity index (χ0n) is 11.4. The zero-order valence-corrected chi connectivity index (χ0v) is 11.4. The molecule has 110 valence electrons. The summed E-state index contributed by atoms with van der Waals surface area (Å²) in [6, 6.07) is 3.02. The molecule has 0 aliphatic rings. The summed E-state index contributed by atoms with van der Waals surface area (Å²) in [5.74, 6) is -2.09. The normalized spacial score (nSPS) is 10.2. The van der Waals surface area contributed by atoms with Crippen LogP contribution in [-0.2, 0) is 4.74 Å². The van der Waals surface area contributed by atoms with Gasteiger partial charge >= 0.3 is 12.0 Å². The number of halogens is 1. The maximum Gasteiger partial charge on any atom is 0.337 e. The number of carbonyl (C=O) groups is 2. The van der Waals surface area contributed by atoms with Gasteiger partial charge in [0.15, 0.2) is 0 Å². The first-order valence-corrected chi connectivity index (χ1v) is 6.00. The molecule has 0 atom stereocenters. The van der Waals surface area contributed by atoms with Gasteiger partial charge in [-0.25, -0.2) is 14.0 Å². The summed E-state index contributed by atoms with van der Waals surface area (Å²) in [6.07, 6.45) is 0.628. The Bertz CT molecular complexity index is 493. The first-order chi connectivity index (χ1) is 9.47. The number of nitrogens with one attached hydrogen (secondary N) is 1. The second-order valence-corrected chi connectivity index (χ2v) is 4.17. The minimum Gasteiger partial charge on any atom is -0.478 e. The van der Waals surface area contributed by atoms with Crippen molar-refractivity contribution in [1.82, 2.24) is 4.90 Å². The van der Waals surface area contributed by atoms with Crippen LogP contribution >= 0.6 is 0 Å². The van der Waals surface area contributed by atoms with Crippen LogP contribution in [0.15, 0.2) is 18.2 Å². The Morgan fingerprint density at radius 2 is 2.15 bits per heavy atom. The lowest BCUT2D eigenvalue weighted by atomic mass is 10.1. The Labute approximate surface area is 116 Å². The fourth-order valence-electron chi connectivity index (χ4n) is 1.58. The Balaban J connectivity index is 2.77. The third-order valence-electron chi connectivity index (χ3n) is 2.66. The number of carboxylic acid groups (broad SMARTS) is 1. The number of amides is 2. The van der Waals surface area contributed by atoms with Crippen molar-refractivity contribution < 1.29 is 23.8 Å². The van der Waals surface area contributed by atoms with Crippen LogP contribution in [-0.4, -0.2) is 49.3 Å². The number of hydrogen-bond acceptors (Lipinski definition) is 3. The fourth-order valence-corrected chi connectivity index (χ4v) is 1.58. The predicted molar refractivity (Wildman–Crippen MR) is 71.5 cm³/mol. The molecule has 0 fully saturated rings. The van der Waals surface area contributed by atoms with Crippen molar-refractivity contribution >= 4 is 17.7 Å². The maximum absolute atomic E-state index is 13.6. The van der Waals surface area contributed by atoms with E-state index in [9.17, 15) is 14.0 Å². The quantitative estimate of drug-likeness (QED) is 0.783. The van der Waals surface area contributed by atoms with E-state index in [1.807, 2.05) is 0 Å². The number of carboxylic acids is 1. The molecule has 0 bridgehead atoms. The Morgan fingerprint density at radius 3 is 2.75 bits per heavy atom. The van der Waals surface area contributed by atoms with Crippen molar-refractivity contribution in [2.24, 2.45) is 0 Å². The van der Waals surface area contributed by atoms with Gasteiger partial charge in [0.05, 0.1) is 11.3 Å². The van der Waals surface area contributed by atoms with Gasteiger partial charge in [-0.1, -0.05) is 6.07 Å². The zero-order chi connectivity index (χ0) is 15.1. The van der Waals surface area contributed by atoms with Crippen LogP contribution < -0.4 is 5.32 Å². The van der Waals surface area contributed by atoms with Gasteiger partial charge < -0.3 is 20.1 Å². The summed E-state index contributed by atoms with van der Waals surface area (Å²) in [7, 11) is 3.09. The van der Waals surface area contributed by atoms with E-state index in [2.05, 4.69) is 5.32 Å². The lowest BCUT2D eigenvalue weighted by Crippen LogP contribution is -2.33. The first-order valence-electron chi connectivity index (χ1n) is 6.00. The second-order valence-electron chi connectivity index (χ2n) is 4.17. The van der Waals surface area contributed by atoms with Crippen molar-refractivity contribution in [2.75, 3.05) is 32.6 Å². The Hall–Kier alpha value is -2.15. The minimum absolute atomic E-state index is 0.288. The number of anilines is 1. The molecule has 0 aliphatic carbocycles. The molecule has 0 unspecified atom stereocenters. The van der Waals surface area contributed by atoms with Crippen molar-refractivity contribution in [1.29, 1.82) is 0 Å². The van der Waals surface area contributed by atoms with Crippen LogP contribution in [0.3, 0.4) is 0 Å². The van der Waals surface area contributed by atoms with E-state index in [1.54, 1.807) is 7.11 Å². The summed E-state index contributed by atoms with van der Waals surface area (Å²) < 4.78 is 18.5. The monoisotopic (exact) mass is 284 g/mol. The topological polar surface area (TPSA) is 78.9 Å². The van der Waals surface area contributed by atoms with E-state index in [-0.39, 0.29) is 11.3 Å². The first kappa shape index (κ1) is 15.9. The van der Waals surface area contributed by atoms with Gasteiger partial charge in [0.1, 0.15) is 5.82 Å². The molecule has 0 heterocycles. The average Bonchev–Trinajstić information content (AvgIpc) is 2.40. The number of hydrogen-bond donors (Lipinski definition) is 2. The lowest BCUT2D eigenvalue weighted by Gasteiger charge is -2.18. The van der Waals surface area contributed by atoms with Gasteiger partial charge in [0, 0.05) is 27.3 Å². The molecule has 2 amide bonds. The van der Waals surface area contributed by atoms with Crippen molar-refractivity contribution in [2.45, 2.75) is 6.42 Å². The lowest BCUT2D eigenvalue weighted by molar-refractivity contribution is 0.0697. The predicted octanol–water partition coefficient (Wildman–Crippen LogP) is 2.02. The number of aromatic carboxylic acids is 1. The summed E-state index contributed by atoms with van der Waals surface area (Å²) in [5, 5.41) is 11.2. The minimum atomic E-state index is -1.30. The molecule has 0 saturated carbocycles. The van der Waals surface area contributed by atoms with Gasteiger partial charge in [0.2, 0.25) is 0 Å². The van der Waals surface area contributed by atoms with Crippen molar-refractivity contribution in [3.8, 4) is 0 Å². The molecule has 6 nitrogen and oxygen atoms in total. The van der Waals surface area contributed by atoms with Crippen LogP contribution in [0.4, 0.5) is 14.9 Å². The summed E-state index contributed by atoms with van der Waals surface area (Å²) in [6.45, 7) is 0.911. The van der Waals surface area contributed by atoms with E-state index in [0.29, 0.717) is 19.6 Å². The Morgan fingerprint density at radius 1 is 1.45 bits per heavy atom. The van der Waals surface area contributed by atoms with Crippen LogP contribution in [0.5, 0.6) is 0 Å². The second kappa shape index (κ2) is 7.44. The van der Waals surface area contributed by atoms with Crippen LogP contribution in [0.1, 0.15) is 16.8 Å². The smallest absolute Gasteiger partial charge is 0.337 e. The number of methoxy groups -OCH3 is 1. The summed E-state index contributed by atoms with van der Waals surface area (Å²) in [4.78, 5) is 24.2. The standard InChI is InChI=1S/C13H17FN2O4/c1-16(7-4-8-20-2)13(19)15-11-9(12(17)18)5-3-6-10(11)14/h3,5-6H,4,7-8H2,1-2H3,(H,15,19)(H,17,18). The van der Waals surface area contributed by atoms with Crippen LogP contribution in [0, 0.1) is 5.82 Å². The number of urea groups is 1. The number of rotatable bonds is 6. The SMILES string of the molecule is COCCCN(C)C(=O)Nc1c(F)cccc1C(=O)O. The fraction of sp³-hybridized carbons (Fsp3) is 0.385. The van der Waals surface area contributed by atoms with Gasteiger partial charge in [0.25, 0.3) is 0 Å². The highest BCUT2D eigenvalue weighted by molar-refractivity contribution is 6.00. The number of carbonyl (C=O) groups excluding carboxylic acids is 1. The van der Waals surface area contributed by atoms with E-state index in [4.69, 9.17) is 9.84 Å². The summed E-state index contributed by atoms with van der Waals surface area (Å²) in [5.41, 5.74) is -0.618. The highest BCUT2D eigenvalue weighted by atomic mass is 19.1. The molecule has 20 heavy (non-hydrogen) atoms. The van der Waals surface area contributed by atoms with Crippen molar-refractivity contribution in [3.05, 3.63) is 29.6 Å². The van der Waals surface area contributed by atoms with E-state index in [1.165, 1.54) is 24.1 Å². The van der Waals surface area contributed by atoms with Crippen LogP contribution in [0.25, 0.3) is 0 Å². The maximum atomic E-state index is 13.6. The van der Waals surface area contributed by atoms with E-state index >= 15 is 0 Å². The molecule has 0 aliphatic heterocycles. The molecule has 0 spiro atoms. The molecular formula is C13H17FN2O4. The van der Waals surface area contributed by atoms with Crippen molar-refractivity contribution in [3.63, 3.8) is 0 Å². The van der Waals surface area contributed by atoms with Gasteiger partial charge in [-0.05, 0) is 18.6 Å². The summed E-state index contributed by atoms with van der Waals surface area (Å²) >= 11 is 0. The van der Waals surface area contributed by atoms with Crippen LogP contribution in [0.2, 0.25) is 0 Å². The molecule has 1 rings (SSSR count). The molecular weight excluding hydrogens is 267 g/mol. The molecule has 0 aromatic heterocycles. The molecule has 0 radical (unpaired) electrons. The number of benzene rings is 1. The number of ether oxygens (including phenoxy) is 1. The van der Waals surface area contributed by atoms with Gasteiger partial charge in [-0.3, -0.25) is 0 Å². The van der Waals surface area contributed by atoms with E-state index in [0.717, 1.165) is 6.07 Å². The highest BCUT2D eigenvalue weighted by Crippen LogP contribution is 2.20. The molecule has 1 aromatic carbocycles. The average molecular weight is 284 g/mol. The largest absolute Gasteiger partial charge is 0.478 e. The molecule has 7 heteroatoms. The third-order valence-corrected chi connectivity index (χ3v) is 2.66. The highest BCUT2D eigenvalue weighted by Gasteiger charge is 2.18. The van der Waals surface area contributed by atoms with E-state index < -0.39 is 17.8 Å². The number of para-hydroxylation sites is 1. The molecule has 0 saturated heterocycles. The van der Waals surface area contributed by atoms with Gasteiger partial charge in [-0.15, -0.1) is 0 Å². The number of nitrogens with zero attached hydrogens (tertiary/aromatic N) is 1. The van der Waals surface area contributed by atoms with Gasteiger partial charge in [-0.2, -0.15) is 0 Å².